The number of aromatic nitrogens is 4. The molecule has 0 bridgehead atoms. The highest BCUT2D eigenvalue weighted by Crippen LogP contribution is 2.38. The van der Waals surface area contributed by atoms with Gasteiger partial charge in [0.25, 0.3) is 0 Å². The van der Waals surface area contributed by atoms with Crippen LogP contribution in [-0.4, -0.2) is 34.8 Å². The number of nitrogens with two attached hydrogens (primary N) is 1. The van der Waals surface area contributed by atoms with E-state index in [2.05, 4.69) is 20.2 Å². The number of nitrogens with one attached hydrogen (secondary N) is 1. The molecule has 2 heterocycles. The van der Waals surface area contributed by atoms with Crippen molar-refractivity contribution >= 4 is 55.6 Å². The summed E-state index contributed by atoms with van der Waals surface area (Å²) in [5, 5.41) is 8.55. The van der Waals surface area contributed by atoms with E-state index in [-0.39, 0.29) is 16.7 Å². The maximum Gasteiger partial charge on any atom is 0.237 e. The van der Waals surface area contributed by atoms with Crippen molar-refractivity contribution in [2.45, 2.75) is 11.8 Å². The number of H-pyrrole nitrogens is 1. The standard InChI is InChI=1S/C19H17ClN6O2S/c1-11-6-7-12(10-15(11)29(2,27)28)26(19-22-9-8-16(21)23-19)18-13-4-3-5-14(20)17(13)24-25-18/h3-10H,1-2H3,(H,24,25)(H2,21,22,23). The molecule has 148 valence electrons. The molecule has 10 heteroatoms. The fourth-order valence-corrected chi connectivity index (χ4v) is 4.30. The number of nitrogen functional groups attached to an aromatic ring is 1. The normalized spacial score (nSPS) is 11.7. The first-order valence-electron chi connectivity index (χ1n) is 8.57. The van der Waals surface area contributed by atoms with E-state index < -0.39 is 9.84 Å². The van der Waals surface area contributed by atoms with Gasteiger partial charge in [-0.1, -0.05) is 23.7 Å². The molecule has 0 spiro atoms. The molecule has 8 nitrogen and oxygen atoms in total. The maximum absolute atomic E-state index is 12.3. The highest BCUT2D eigenvalue weighted by Gasteiger charge is 2.23. The van der Waals surface area contributed by atoms with Crippen LogP contribution in [0.4, 0.5) is 23.3 Å². The summed E-state index contributed by atoms with van der Waals surface area (Å²) in [6.45, 7) is 1.74. The Morgan fingerprint density at radius 2 is 1.97 bits per heavy atom. The number of rotatable bonds is 4. The van der Waals surface area contributed by atoms with Gasteiger partial charge in [0.2, 0.25) is 5.95 Å². The number of fused-ring (bicyclic) bond motifs is 1. The van der Waals surface area contributed by atoms with Gasteiger partial charge in [-0.2, -0.15) is 10.1 Å². The maximum atomic E-state index is 12.3. The lowest BCUT2D eigenvalue weighted by Gasteiger charge is -2.22. The van der Waals surface area contributed by atoms with Crippen LogP contribution >= 0.6 is 11.6 Å². The largest absolute Gasteiger partial charge is 0.384 e. The van der Waals surface area contributed by atoms with E-state index >= 15 is 0 Å². The first-order valence-corrected chi connectivity index (χ1v) is 10.8. The fraction of sp³-hybridized carbons (Fsp3) is 0.105. The van der Waals surface area contributed by atoms with E-state index in [9.17, 15) is 8.42 Å². The molecule has 0 aliphatic heterocycles. The van der Waals surface area contributed by atoms with Gasteiger partial charge in [-0.3, -0.25) is 10.00 Å². The molecule has 0 aliphatic carbocycles. The molecule has 0 radical (unpaired) electrons. The first-order chi connectivity index (χ1) is 13.8. The number of sulfone groups is 1. The number of aromatic amines is 1. The highest BCUT2D eigenvalue weighted by atomic mass is 35.5. The van der Waals surface area contributed by atoms with Crippen LogP contribution < -0.4 is 10.6 Å². The molecule has 0 saturated carbocycles. The van der Waals surface area contributed by atoms with Crippen molar-refractivity contribution in [2.75, 3.05) is 16.9 Å². The third kappa shape index (κ3) is 3.50. The quantitative estimate of drug-likeness (QED) is 0.507. The summed E-state index contributed by atoms with van der Waals surface area (Å²) in [6.07, 6.45) is 2.70. The number of para-hydroxylation sites is 1. The van der Waals surface area contributed by atoms with Gasteiger partial charge in [0.05, 0.1) is 21.1 Å². The van der Waals surface area contributed by atoms with Gasteiger partial charge in [0, 0.05) is 17.8 Å². The number of aryl methyl sites for hydroxylation is 1. The minimum Gasteiger partial charge on any atom is -0.384 e. The third-order valence-corrected chi connectivity index (χ3v) is 5.99. The van der Waals surface area contributed by atoms with Gasteiger partial charge in [0.15, 0.2) is 15.7 Å². The van der Waals surface area contributed by atoms with Gasteiger partial charge in [-0.25, -0.2) is 13.4 Å². The molecule has 0 aliphatic rings. The van der Waals surface area contributed by atoms with Crippen LogP contribution in [0.1, 0.15) is 5.56 Å². The van der Waals surface area contributed by atoms with Crippen molar-refractivity contribution in [1.82, 2.24) is 20.2 Å². The Morgan fingerprint density at radius 3 is 2.69 bits per heavy atom. The van der Waals surface area contributed by atoms with Crippen LogP contribution in [0.25, 0.3) is 10.9 Å². The lowest BCUT2D eigenvalue weighted by atomic mass is 10.2. The Bertz CT molecular complexity index is 1340. The van der Waals surface area contributed by atoms with Crippen molar-refractivity contribution in [3.05, 3.63) is 59.2 Å². The second-order valence-electron chi connectivity index (χ2n) is 6.55. The summed E-state index contributed by atoms with van der Waals surface area (Å²) >= 11 is 6.28. The molecule has 0 unspecified atom stereocenters. The van der Waals surface area contributed by atoms with E-state index in [0.29, 0.717) is 27.6 Å². The van der Waals surface area contributed by atoms with Crippen LogP contribution in [0.5, 0.6) is 0 Å². The molecular weight excluding hydrogens is 412 g/mol. The average molecular weight is 429 g/mol. The topological polar surface area (TPSA) is 118 Å². The molecule has 0 atom stereocenters. The van der Waals surface area contributed by atoms with Crippen LogP contribution in [0.2, 0.25) is 5.02 Å². The fourth-order valence-electron chi connectivity index (χ4n) is 3.09. The van der Waals surface area contributed by atoms with E-state index in [1.807, 2.05) is 6.07 Å². The highest BCUT2D eigenvalue weighted by molar-refractivity contribution is 7.90. The second-order valence-corrected chi connectivity index (χ2v) is 8.94. The Morgan fingerprint density at radius 1 is 1.17 bits per heavy atom. The first kappa shape index (κ1) is 19.2. The number of benzene rings is 2. The summed E-state index contributed by atoms with van der Waals surface area (Å²) in [6, 6.07) is 12.1. The van der Waals surface area contributed by atoms with E-state index in [1.165, 1.54) is 12.5 Å². The lowest BCUT2D eigenvalue weighted by molar-refractivity contribution is 0.601. The minimum atomic E-state index is -3.44. The van der Waals surface area contributed by atoms with Crippen molar-refractivity contribution in [3.8, 4) is 0 Å². The smallest absolute Gasteiger partial charge is 0.237 e. The monoisotopic (exact) mass is 428 g/mol. The predicted molar refractivity (Wildman–Crippen MR) is 114 cm³/mol. The van der Waals surface area contributed by atoms with E-state index in [1.54, 1.807) is 48.2 Å². The molecule has 4 rings (SSSR count). The van der Waals surface area contributed by atoms with Crippen molar-refractivity contribution < 1.29 is 8.42 Å². The summed E-state index contributed by atoms with van der Waals surface area (Å²) in [5.74, 6) is 0.992. The van der Waals surface area contributed by atoms with Gasteiger partial charge in [-0.05, 0) is 42.8 Å². The Balaban J connectivity index is 2.01. The number of hydrogen-bond donors (Lipinski definition) is 2. The summed E-state index contributed by atoms with van der Waals surface area (Å²) in [7, 11) is -3.44. The van der Waals surface area contributed by atoms with Crippen molar-refractivity contribution in [3.63, 3.8) is 0 Å². The van der Waals surface area contributed by atoms with E-state index in [4.69, 9.17) is 17.3 Å². The molecule has 0 saturated heterocycles. The molecule has 0 fully saturated rings. The number of anilines is 4. The van der Waals surface area contributed by atoms with Crippen LogP contribution in [0.3, 0.4) is 0 Å². The van der Waals surface area contributed by atoms with Gasteiger partial charge < -0.3 is 5.73 Å². The summed E-state index contributed by atoms with van der Waals surface area (Å²) < 4.78 is 24.5. The van der Waals surface area contributed by atoms with Gasteiger partial charge in [-0.15, -0.1) is 0 Å². The second kappa shape index (κ2) is 7.02. The lowest BCUT2D eigenvalue weighted by Crippen LogP contribution is -2.15. The van der Waals surface area contributed by atoms with Crippen molar-refractivity contribution in [1.29, 1.82) is 0 Å². The molecular formula is C19H17ClN6O2S. The van der Waals surface area contributed by atoms with Gasteiger partial charge >= 0.3 is 0 Å². The van der Waals surface area contributed by atoms with E-state index in [0.717, 1.165) is 5.39 Å². The SMILES string of the molecule is Cc1ccc(N(c2nccc(N)n2)c2n[nH]c3c(Cl)cccc23)cc1S(C)(=O)=O. The molecule has 0 amide bonds. The zero-order valence-electron chi connectivity index (χ0n) is 15.6. The van der Waals surface area contributed by atoms with Crippen LogP contribution in [-0.2, 0) is 9.84 Å². The third-order valence-electron chi connectivity index (χ3n) is 4.43. The van der Waals surface area contributed by atoms with Crippen molar-refractivity contribution in [2.24, 2.45) is 0 Å². The molecule has 2 aromatic carbocycles. The van der Waals surface area contributed by atoms with Crippen LogP contribution in [0.15, 0.2) is 53.6 Å². The Labute approximate surface area is 172 Å². The molecule has 29 heavy (non-hydrogen) atoms. The zero-order valence-corrected chi connectivity index (χ0v) is 17.2. The van der Waals surface area contributed by atoms with Gasteiger partial charge in [0.1, 0.15) is 5.82 Å². The Kier molecular flexibility index (Phi) is 4.64. The average Bonchev–Trinajstić information content (AvgIpc) is 3.08. The summed E-state index contributed by atoms with van der Waals surface area (Å²) in [4.78, 5) is 10.5. The molecule has 2 aromatic heterocycles. The minimum absolute atomic E-state index is 0.210. The zero-order chi connectivity index (χ0) is 20.8. The predicted octanol–water partition coefficient (Wildman–Crippen LogP) is 3.77. The number of halogens is 1. The summed E-state index contributed by atoms with van der Waals surface area (Å²) in [5.41, 5.74) is 7.67. The molecule has 3 N–H and O–H groups in total. The molecule has 4 aromatic rings. The Hall–Kier alpha value is -3.17. The van der Waals surface area contributed by atoms with Crippen LogP contribution in [0, 0.1) is 6.92 Å². The number of hydrogen-bond acceptors (Lipinski definition) is 7. The number of nitrogens with zero attached hydrogens (tertiary/aromatic N) is 4.